The molecule has 1 aliphatic heterocycles. The first-order valence-electron chi connectivity index (χ1n) is 4.85. The largest absolute Gasteiger partial charge is 0.486 e. The molecule has 1 aromatic carbocycles. The number of nitrogens with zero attached hydrogens (tertiary/aromatic N) is 1. The molecule has 1 aliphatic rings. The highest BCUT2D eigenvalue weighted by molar-refractivity contribution is 9.10. The Hall–Kier alpha value is -1.32. The van der Waals surface area contributed by atoms with Gasteiger partial charge in [0.25, 0.3) is 0 Å². The minimum absolute atomic E-state index is 0.298. The van der Waals surface area contributed by atoms with Crippen LogP contribution in [0, 0.1) is 6.92 Å². The van der Waals surface area contributed by atoms with E-state index in [4.69, 9.17) is 9.47 Å². The number of hydrogen-bond donors (Lipinski definition) is 0. The monoisotopic (exact) mass is 283 g/mol. The predicted molar refractivity (Wildman–Crippen MR) is 61.7 cm³/mol. The Morgan fingerprint density at radius 2 is 2.25 bits per heavy atom. The molecule has 0 unspecified atom stereocenters. The molecule has 0 amide bonds. The van der Waals surface area contributed by atoms with Crippen LogP contribution in [-0.2, 0) is 11.3 Å². The van der Waals surface area contributed by atoms with Gasteiger partial charge in [-0.2, -0.15) is 0 Å². The molecule has 0 spiro atoms. The van der Waals surface area contributed by atoms with Gasteiger partial charge in [-0.3, -0.25) is 0 Å². The second kappa shape index (κ2) is 4.68. The zero-order valence-corrected chi connectivity index (χ0v) is 10.3. The summed E-state index contributed by atoms with van der Waals surface area (Å²) in [5.41, 5.74) is 1.93. The molecule has 0 bridgehead atoms. The van der Waals surface area contributed by atoms with Gasteiger partial charge in [0, 0.05) is 0 Å². The van der Waals surface area contributed by atoms with Gasteiger partial charge in [-0.15, -0.1) is 0 Å². The third-order valence-corrected chi connectivity index (χ3v) is 3.24. The minimum atomic E-state index is 0.298. The van der Waals surface area contributed by atoms with Gasteiger partial charge in [0.15, 0.2) is 11.5 Å². The van der Waals surface area contributed by atoms with E-state index in [1.807, 2.05) is 13.0 Å². The molecule has 4 nitrogen and oxygen atoms in total. The molecule has 5 heteroatoms. The van der Waals surface area contributed by atoms with Crippen LogP contribution in [0.15, 0.2) is 15.5 Å². The fourth-order valence-corrected chi connectivity index (χ4v) is 2.36. The van der Waals surface area contributed by atoms with Gasteiger partial charge in [-0.05, 0) is 40.0 Å². The summed E-state index contributed by atoms with van der Waals surface area (Å²) < 4.78 is 11.8. The van der Waals surface area contributed by atoms with Gasteiger partial charge < -0.3 is 9.47 Å². The van der Waals surface area contributed by atoms with Gasteiger partial charge in [-0.1, -0.05) is 0 Å². The third-order valence-electron chi connectivity index (χ3n) is 2.40. The second-order valence-corrected chi connectivity index (χ2v) is 4.21. The topological polar surface area (TPSA) is 47.9 Å². The molecule has 2 rings (SSSR count). The zero-order chi connectivity index (χ0) is 11.5. The van der Waals surface area contributed by atoms with Crippen LogP contribution in [0.2, 0.25) is 0 Å². The lowest BCUT2D eigenvalue weighted by atomic mass is 10.1. The Balaban J connectivity index is 2.49. The molecule has 1 aromatic rings. The molecule has 0 saturated heterocycles. The summed E-state index contributed by atoms with van der Waals surface area (Å²) in [7, 11) is 0. The number of aliphatic imine (C=N–C) groups is 1. The number of halogens is 1. The van der Waals surface area contributed by atoms with E-state index in [1.54, 1.807) is 0 Å². The fraction of sp³-hybridized carbons (Fsp3) is 0.364. The maximum atomic E-state index is 10.1. The zero-order valence-electron chi connectivity index (χ0n) is 8.75. The maximum Gasteiger partial charge on any atom is 0.235 e. The highest BCUT2D eigenvalue weighted by atomic mass is 79.9. The average molecular weight is 284 g/mol. The number of benzene rings is 1. The van der Waals surface area contributed by atoms with Crippen molar-refractivity contribution in [3.05, 3.63) is 21.7 Å². The first kappa shape index (κ1) is 11.2. The number of isocyanates is 1. The number of carbonyl (C=O) groups excluding carboxylic acids is 1. The Morgan fingerprint density at radius 1 is 1.50 bits per heavy atom. The van der Waals surface area contributed by atoms with Crippen molar-refractivity contribution in [2.45, 2.75) is 13.5 Å². The molecular formula is C11H10BrNO3. The summed E-state index contributed by atoms with van der Waals surface area (Å²) in [5, 5.41) is 0. The van der Waals surface area contributed by atoms with E-state index in [1.165, 1.54) is 6.08 Å². The van der Waals surface area contributed by atoms with Crippen molar-refractivity contribution in [2.75, 3.05) is 13.2 Å². The predicted octanol–water partition coefficient (Wildman–Crippen LogP) is 2.36. The van der Waals surface area contributed by atoms with E-state index in [2.05, 4.69) is 20.9 Å². The van der Waals surface area contributed by atoms with Crippen LogP contribution in [0.5, 0.6) is 11.5 Å². The molecule has 0 radical (unpaired) electrons. The van der Waals surface area contributed by atoms with Crippen molar-refractivity contribution in [3.8, 4) is 11.5 Å². The molecule has 0 aliphatic carbocycles. The first-order chi connectivity index (χ1) is 7.74. The highest BCUT2D eigenvalue weighted by Crippen LogP contribution is 2.41. The Morgan fingerprint density at radius 3 is 3.00 bits per heavy atom. The third kappa shape index (κ3) is 1.96. The molecule has 0 N–H and O–H groups in total. The minimum Gasteiger partial charge on any atom is -0.486 e. The highest BCUT2D eigenvalue weighted by Gasteiger charge is 2.19. The van der Waals surface area contributed by atoms with Crippen LogP contribution in [0.3, 0.4) is 0 Å². The molecule has 84 valence electrons. The van der Waals surface area contributed by atoms with Gasteiger partial charge in [-0.25, -0.2) is 9.79 Å². The quantitative estimate of drug-likeness (QED) is 0.618. The van der Waals surface area contributed by atoms with Gasteiger partial charge in [0.2, 0.25) is 6.08 Å². The molecule has 0 atom stereocenters. The summed E-state index contributed by atoms with van der Waals surface area (Å²) in [6, 6.07) is 1.90. The van der Waals surface area contributed by atoms with Crippen molar-refractivity contribution in [1.29, 1.82) is 0 Å². The summed E-state index contributed by atoms with van der Waals surface area (Å²) in [4.78, 5) is 13.7. The van der Waals surface area contributed by atoms with Crippen molar-refractivity contribution in [3.63, 3.8) is 0 Å². The standard InChI is InChI=1S/C11H10BrNO3/c1-7-4-9-11(16-3-2-15-9)10(12)8(7)5-13-6-14/h4H,2-3,5H2,1H3. The number of aryl methyl sites for hydroxylation is 1. The smallest absolute Gasteiger partial charge is 0.235 e. The first-order valence-corrected chi connectivity index (χ1v) is 5.64. The van der Waals surface area contributed by atoms with Crippen LogP contribution < -0.4 is 9.47 Å². The normalized spacial score (nSPS) is 13.1. The van der Waals surface area contributed by atoms with Gasteiger partial charge >= 0.3 is 0 Å². The van der Waals surface area contributed by atoms with Crippen LogP contribution in [0.1, 0.15) is 11.1 Å². The molecular weight excluding hydrogens is 274 g/mol. The van der Waals surface area contributed by atoms with Crippen molar-refractivity contribution < 1.29 is 14.3 Å². The summed E-state index contributed by atoms with van der Waals surface area (Å²) in [5.74, 6) is 1.42. The SMILES string of the molecule is Cc1cc2c(c(Br)c1CN=C=O)OCCO2. The average Bonchev–Trinajstić information content (AvgIpc) is 2.29. The lowest BCUT2D eigenvalue weighted by molar-refractivity contribution is 0.170. The van der Waals surface area contributed by atoms with E-state index in [0.29, 0.717) is 25.5 Å². The molecule has 16 heavy (non-hydrogen) atoms. The number of ether oxygens (including phenoxy) is 2. The van der Waals surface area contributed by atoms with E-state index in [9.17, 15) is 4.79 Å². The summed E-state index contributed by atoms with van der Waals surface area (Å²) in [6.07, 6.45) is 1.53. The Kier molecular flexibility index (Phi) is 3.27. The van der Waals surface area contributed by atoms with Crippen molar-refractivity contribution in [1.82, 2.24) is 0 Å². The van der Waals surface area contributed by atoms with Crippen molar-refractivity contribution in [2.24, 2.45) is 4.99 Å². The lowest BCUT2D eigenvalue weighted by Crippen LogP contribution is -2.16. The van der Waals surface area contributed by atoms with Crippen LogP contribution in [0.25, 0.3) is 0 Å². The maximum absolute atomic E-state index is 10.1. The van der Waals surface area contributed by atoms with Crippen LogP contribution in [0.4, 0.5) is 0 Å². The van der Waals surface area contributed by atoms with Crippen LogP contribution in [-0.4, -0.2) is 19.3 Å². The van der Waals surface area contributed by atoms with E-state index >= 15 is 0 Å². The number of fused-ring (bicyclic) bond motifs is 1. The molecule has 0 fully saturated rings. The summed E-state index contributed by atoms with van der Waals surface area (Å²) in [6.45, 7) is 3.33. The molecule has 0 aromatic heterocycles. The Bertz CT molecular complexity index is 467. The Labute approximate surface area is 101 Å². The summed E-state index contributed by atoms with van der Waals surface area (Å²) >= 11 is 3.45. The van der Waals surface area contributed by atoms with E-state index in [0.717, 1.165) is 21.3 Å². The fourth-order valence-electron chi connectivity index (χ4n) is 1.61. The number of hydrogen-bond acceptors (Lipinski definition) is 4. The van der Waals surface area contributed by atoms with Gasteiger partial charge in [0.1, 0.15) is 13.2 Å². The van der Waals surface area contributed by atoms with Crippen LogP contribution >= 0.6 is 15.9 Å². The van der Waals surface area contributed by atoms with E-state index < -0.39 is 0 Å². The number of rotatable bonds is 2. The van der Waals surface area contributed by atoms with Crippen molar-refractivity contribution >= 4 is 22.0 Å². The molecule has 0 saturated carbocycles. The molecule has 1 heterocycles. The lowest BCUT2D eigenvalue weighted by Gasteiger charge is -2.21. The van der Waals surface area contributed by atoms with Gasteiger partial charge in [0.05, 0.1) is 11.0 Å². The second-order valence-electron chi connectivity index (χ2n) is 3.42. The van der Waals surface area contributed by atoms with E-state index in [-0.39, 0.29) is 0 Å².